The number of rotatable bonds is 5. The van der Waals surface area contributed by atoms with Crippen molar-refractivity contribution in [3.05, 3.63) is 54.9 Å². The summed E-state index contributed by atoms with van der Waals surface area (Å²) in [6, 6.07) is 3.63. The van der Waals surface area contributed by atoms with E-state index in [0.29, 0.717) is 32.7 Å². The molecule has 0 radical (unpaired) electrons. The number of benzene rings is 1. The number of aromatic amines is 1. The van der Waals surface area contributed by atoms with Crippen LogP contribution in [0.4, 0.5) is 4.79 Å². The van der Waals surface area contributed by atoms with Gasteiger partial charge >= 0.3 is 6.09 Å². The zero-order valence-electron chi connectivity index (χ0n) is 20.7. The molecule has 1 aliphatic heterocycles. The number of aromatic nitrogens is 1. The van der Waals surface area contributed by atoms with Gasteiger partial charge in [0.1, 0.15) is 0 Å². The van der Waals surface area contributed by atoms with Gasteiger partial charge in [-0.2, -0.15) is 0 Å². The fourth-order valence-electron chi connectivity index (χ4n) is 6.07. The first kappa shape index (κ1) is 24.7. The van der Waals surface area contributed by atoms with E-state index >= 15 is 0 Å². The van der Waals surface area contributed by atoms with Crippen molar-refractivity contribution in [1.82, 2.24) is 15.6 Å². The van der Waals surface area contributed by atoms with Crippen LogP contribution in [0.25, 0.3) is 0 Å². The molecule has 0 saturated heterocycles. The SMILES string of the molecule is Cc1cc(C)c(CNC(=O)c2cc(Br)c3c(c2C)OC(C)(C2CC4(CC(NC(=O)O)C4)C2)O3)c(=O)[nH]1. The van der Waals surface area contributed by atoms with Gasteiger partial charge in [0.15, 0.2) is 11.5 Å². The second kappa shape index (κ2) is 8.54. The Labute approximate surface area is 217 Å². The molecule has 2 aromatic rings. The monoisotopic (exact) mass is 559 g/mol. The van der Waals surface area contributed by atoms with Crippen LogP contribution < -0.4 is 25.7 Å². The Balaban J connectivity index is 1.27. The zero-order valence-corrected chi connectivity index (χ0v) is 22.3. The summed E-state index contributed by atoms with van der Waals surface area (Å²) in [7, 11) is 0. The number of amides is 2. The van der Waals surface area contributed by atoms with E-state index < -0.39 is 11.9 Å². The largest absolute Gasteiger partial charge is 0.465 e. The molecule has 2 heterocycles. The molecule has 1 spiro atoms. The number of aryl methyl sites for hydroxylation is 2. The number of nitrogens with one attached hydrogen (secondary N) is 3. The normalized spacial score (nSPS) is 27.8. The predicted octanol–water partition coefficient (Wildman–Crippen LogP) is 4.31. The third kappa shape index (κ3) is 4.15. The van der Waals surface area contributed by atoms with Crippen molar-refractivity contribution in [2.75, 3.05) is 0 Å². The van der Waals surface area contributed by atoms with Gasteiger partial charge in [0, 0.05) is 47.8 Å². The van der Waals surface area contributed by atoms with Gasteiger partial charge in [0.25, 0.3) is 17.3 Å². The number of pyridine rings is 1. The Bertz CT molecular complexity index is 1320. The first-order valence-electron chi connectivity index (χ1n) is 12.1. The van der Waals surface area contributed by atoms with Crippen molar-refractivity contribution < 1.29 is 24.2 Å². The topological polar surface area (TPSA) is 130 Å². The maximum absolute atomic E-state index is 13.1. The Morgan fingerprint density at radius 1 is 1.14 bits per heavy atom. The maximum atomic E-state index is 13.1. The molecular formula is C26H30BrN3O6. The van der Waals surface area contributed by atoms with Gasteiger partial charge < -0.3 is 30.2 Å². The highest BCUT2D eigenvalue weighted by atomic mass is 79.9. The summed E-state index contributed by atoms with van der Waals surface area (Å²) >= 11 is 3.54. The molecule has 2 fully saturated rings. The molecule has 1 aromatic carbocycles. The number of H-pyrrole nitrogens is 1. The minimum Gasteiger partial charge on any atom is -0.465 e. The van der Waals surface area contributed by atoms with Crippen LogP contribution in [-0.4, -0.2) is 33.9 Å². The molecule has 0 bridgehead atoms. The highest BCUT2D eigenvalue weighted by Gasteiger charge is 2.61. The minimum absolute atomic E-state index is 0.0237. The zero-order chi connectivity index (χ0) is 26.0. The summed E-state index contributed by atoms with van der Waals surface area (Å²) in [5.74, 6) is 0.129. The summed E-state index contributed by atoms with van der Waals surface area (Å²) < 4.78 is 13.3. The minimum atomic E-state index is -0.975. The number of fused-ring (bicyclic) bond motifs is 1. The van der Waals surface area contributed by atoms with E-state index in [4.69, 9.17) is 14.6 Å². The molecule has 4 N–H and O–H groups in total. The lowest BCUT2D eigenvalue weighted by Gasteiger charge is -2.59. The van der Waals surface area contributed by atoms with Crippen molar-refractivity contribution in [2.24, 2.45) is 11.3 Å². The van der Waals surface area contributed by atoms with Crippen LogP contribution in [0.3, 0.4) is 0 Å². The first-order valence-corrected chi connectivity index (χ1v) is 12.9. The highest BCUT2D eigenvalue weighted by Crippen LogP contribution is 2.63. The van der Waals surface area contributed by atoms with E-state index in [0.717, 1.165) is 36.9 Å². The molecule has 192 valence electrons. The van der Waals surface area contributed by atoms with Gasteiger partial charge in [0.05, 0.1) is 4.47 Å². The Kier molecular flexibility index (Phi) is 5.85. The number of carbonyl (C=O) groups is 2. The molecule has 36 heavy (non-hydrogen) atoms. The molecule has 1 aromatic heterocycles. The van der Waals surface area contributed by atoms with Crippen LogP contribution >= 0.6 is 15.9 Å². The highest BCUT2D eigenvalue weighted by molar-refractivity contribution is 9.10. The summed E-state index contributed by atoms with van der Waals surface area (Å²) in [6.45, 7) is 7.54. The van der Waals surface area contributed by atoms with E-state index in [2.05, 4.69) is 31.5 Å². The quantitative estimate of drug-likeness (QED) is 0.432. The summed E-state index contributed by atoms with van der Waals surface area (Å²) in [4.78, 5) is 39.0. The van der Waals surface area contributed by atoms with E-state index in [1.165, 1.54) is 0 Å². The molecule has 5 rings (SSSR count). The van der Waals surface area contributed by atoms with Gasteiger partial charge in [-0.1, -0.05) is 0 Å². The first-order chi connectivity index (χ1) is 16.9. The Morgan fingerprint density at radius 2 is 1.81 bits per heavy atom. The molecule has 2 saturated carbocycles. The lowest BCUT2D eigenvalue weighted by Crippen LogP contribution is -2.61. The Hall–Kier alpha value is -3.01. The van der Waals surface area contributed by atoms with Crippen LogP contribution in [0.15, 0.2) is 21.4 Å². The van der Waals surface area contributed by atoms with E-state index in [9.17, 15) is 14.4 Å². The fourth-order valence-corrected chi connectivity index (χ4v) is 6.56. The van der Waals surface area contributed by atoms with Crippen LogP contribution in [0.5, 0.6) is 11.5 Å². The van der Waals surface area contributed by atoms with Crippen molar-refractivity contribution in [2.45, 2.75) is 71.8 Å². The van der Waals surface area contributed by atoms with Crippen molar-refractivity contribution in [3.8, 4) is 11.5 Å². The second-order valence-electron chi connectivity index (χ2n) is 10.7. The molecule has 10 heteroatoms. The number of ether oxygens (including phenoxy) is 2. The summed E-state index contributed by atoms with van der Waals surface area (Å²) in [6.07, 6.45) is 2.52. The van der Waals surface area contributed by atoms with Crippen molar-refractivity contribution in [3.63, 3.8) is 0 Å². The van der Waals surface area contributed by atoms with Gasteiger partial charge in [-0.3, -0.25) is 9.59 Å². The average molecular weight is 560 g/mol. The maximum Gasteiger partial charge on any atom is 0.404 e. The number of carboxylic acid groups (broad SMARTS) is 1. The third-order valence-corrected chi connectivity index (χ3v) is 8.59. The van der Waals surface area contributed by atoms with E-state index in [1.807, 2.05) is 33.8 Å². The van der Waals surface area contributed by atoms with E-state index in [-0.39, 0.29) is 35.4 Å². The fraction of sp³-hybridized carbons (Fsp3) is 0.500. The standard InChI is InChI=1S/C26H30BrN3O6/c1-12-5-13(2)29-23(32)18(12)11-28-22(31)17-6-19(27)21-20(14(17)3)35-25(4,36-21)15-7-26(8-15)9-16(10-26)30-24(33)34/h5-6,15-16,30H,7-11H2,1-4H3,(H,28,31)(H,29,32)(H,33,34). The van der Waals surface area contributed by atoms with Crippen LogP contribution in [0.1, 0.15) is 65.3 Å². The molecular weight excluding hydrogens is 530 g/mol. The molecule has 2 aliphatic carbocycles. The van der Waals surface area contributed by atoms with Crippen LogP contribution in [-0.2, 0) is 6.54 Å². The number of hydrogen-bond acceptors (Lipinski definition) is 5. The van der Waals surface area contributed by atoms with Crippen LogP contribution in [0, 0.1) is 32.1 Å². The number of halogens is 1. The predicted molar refractivity (Wildman–Crippen MR) is 136 cm³/mol. The number of hydrogen-bond donors (Lipinski definition) is 4. The second-order valence-corrected chi connectivity index (χ2v) is 11.5. The molecule has 9 nitrogen and oxygen atoms in total. The lowest BCUT2D eigenvalue weighted by atomic mass is 9.48. The van der Waals surface area contributed by atoms with E-state index in [1.54, 1.807) is 6.07 Å². The smallest absolute Gasteiger partial charge is 0.404 e. The lowest BCUT2D eigenvalue weighted by molar-refractivity contribution is -0.191. The molecule has 2 amide bonds. The molecule has 1 unspecified atom stereocenters. The average Bonchev–Trinajstić information content (AvgIpc) is 3.09. The number of carbonyl (C=O) groups excluding carboxylic acids is 1. The summed E-state index contributed by atoms with van der Waals surface area (Å²) in [5, 5.41) is 14.3. The van der Waals surface area contributed by atoms with Gasteiger partial charge in [-0.25, -0.2) is 4.79 Å². The van der Waals surface area contributed by atoms with Gasteiger partial charge in [-0.15, -0.1) is 0 Å². The van der Waals surface area contributed by atoms with Gasteiger partial charge in [-0.05, 0) is 85.5 Å². The molecule has 1 atom stereocenters. The van der Waals surface area contributed by atoms with Gasteiger partial charge in [0.2, 0.25) is 0 Å². The van der Waals surface area contributed by atoms with Crippen molar-refractivity contribution in [1.29, 1.82) is 0 Å². The molecule has 3 aliphatic rings. The summed E-state index contributed by atoms with van der Waals surface area (Å²) in [5.41, 5.74) is 3.19. The van der Waals surface area contributed by atoms with Crippen LogP contribution in [0.2, 0.25) is 0 Å². The third-order valence-electron chi connectivity index (χ3n) is 8.00. The van der Waals surface area contributed by atoms with Crippen molar-refractivity contribution >= 4 is 27.9 Å². The Morgan fingerprint density at radius 3 is 2.44 bits per heavy atom.